The van der Waals surface area contributed by atoms with Crippen LogP contribution in [0.1, 0.15) is 18.9 Å². The van der Waals surface area contributed by atoms with Crippen LogP contribution in [0, 0.1) is 0 Å². The highest BCUT2D eigenvalue weighted by molar-refractivity contribution is 5.14. The Bertz CT molecular complexity index is 209. The van der Waals surface area contributed by atoms with E-state index < -0.39 is 0 Å². The number of hydrogen-bond donors (Lipinski definition) is 1. The van der Waals surface area contributed by atoms with E-state index in [2.05, 4.69) is 49.2 Å². The second kappa shape index (κ2) is 6.63. The molecule has 0 atom stereocenters. The fourth-order valence-corrected chi connectivity index (χ4v) is 1.36. The maximum absolute atomic E-state index is 2.34. The summed E-state index contributed by atoms with van der Waals surface area (Å²) >= 11 is 0. The molecule has 0 amide bonds. The Morgan fingerprint density at radius 2 is 1.77 bits per heavy atom. The maximum Gasteiger partial charge on any atom is 0.0230 e. The molecule has 0 fully saturated rings. The minimum atomic E-state index is 0. The van der Waals surface area contributed by atoms with Gasteiger partial charge in [-0.05, 0) is 25.6 Å². The smallest absolute Gasteiger partial charge is 0.0230 e. The standard InChI is InChI=1S/C11H17N.H3N/c1-3-9-12(2)10-11-7-5-4-6-8-11;/h4-8H,3,9-10H2,1-2H3;1H3. The molecular weight excluding hydrogens is 160 g/mol. The molecule has 0 spiro atoms. The molecule has 1 rings (SSSR count). The normalized spacial score (nSPS) is 9.77. The van der Waals surface area contributed by atoms with Crippen molar-refractivity contribution in [3.63, 3.8) is 0 Å². The molecule has 0 aliphatic rings. The van der Waals surface area contributed by atoms with E-state index in [1.54, 1.807) is 0 Å². The maximum atomic E-state index is 2.34. The number of nitrogens with zero attached hydrogens (tertiary/aromatic N) is 1. The topological polar surface area (TPSA) is 38.2 Å². The molecular formula is C11H20N2. The highest BCUT2D eigenvalue weighted by Gasteiger charge is 1.96. The van der Waals surface area contributed by atoms with Crippen LogP contribution in [-0.2, 0) is 6.54 Å². The Balaban J connectivity index is 0.00000144. The largest absolute Gasteiger partial charge is 0.344 e. The lowest BCUT2D eigenvalue weighted by atomic mass is 10.2. The van der Waals surface area contributed by atoms with E-state index in [1.807, 2.05) is 0 Å². The molecule has 0 unspecified atom stereocenters. The molecule has 0 bridgehead atoms. The predicted octanol–water partition coefficient (Wildman–Crippen LogP) is 2.69. The quantitative estimate of drug-likeness (QED) is 0.773. The minimum absolute atomic E-state index is 0. The summed E-state index contributed by atoms with van der Waals surface area (Å²) in [5.74, 6) is 0. The fraction of sp³-hybridized carbons (Fsp3) is 0.455. The van der Waals surface area contributed by atoms with Gasteiger partial charge in [-0.15, -0.1) is 0 Å². The Morgan fingerprint density at radius 3 is 2.31 bits per heavy atom. The molecule has 74 valence electrons. The van der Waals surface area contributed by atoms with E-state index in [0.717, 1.165) is 6.54 Å². The van der Waals surface area contributed by atoms with E-state index in [4.69, 9.17) is 0 Å². The first-order valence-electron chi connectivity index (χ1n) is 4.55. The van der Waals surface area contributed by atoms with Crippen LogP contribution in [0.25, 0.3) is 0 Å². The first-order chi connectivity index (χ1) is 5.83. The predicted molar refractivity (Wildman–Crippen MR) is 58.1 cm³/mol. The van der Waals surface area contributed by atoms with Crippen LogP contribution in [0.2, 0.25) is 0 Å². The van der Waals surface area contributed by atoms with Gasteiger partial charge in [0.05, 0.1) is 0 Å². The monoisotopic (exact) mass is 180 g/mol. The summed E-state index contributed by atoms with van der Waals surface area (Å²) in [5.41, 5.74) is 1.40. The van der Waals surface area contributed by atoms with Crippen molar-refractivity contribution in [2.45, 2.75) is 19.9 Å². The van der Waals surface area contributed by atoms with Crippen LogP contribution in [0.5, 0.6) is 0 Å². The van der Waals surface area contributed by atoms with Gasteiger partial charge in [-0.2, -0.15) is 0 Å². The summed E-state index contributed by atoms with van der Waals surface area (Å²) < 4.78 is 0. The van der Waals surface area contributed by atoms with Crippen molar-refractivity contribution in [1.82, 2.24) is 11.1 Å². The fourth-order valence-electron chi connectivity index (χ4n) is 1.36. The van der Waals surface area contributed by atoms with Crippen molar-refractivity contribution >= 4 is 0 Å². The van der Waals surface area contributed by atoms with Crippen LogP contribution in [0.4, 0.5) is 0 Å². The highest BCUT2D eigenvalue weighted by atomic mass is 15.1. The van der Waals surface area contributed by atoms with Gasteiger partial charge in [0.2, 0.25) is 0 Å². The van der Waals surface area contributed by atoms with Crippen LogP contribution >= 0.6 is 0 Å². The van der Waals surface area contributed by atoms with Gasteiger partial charge in [-0.1, -0.05) is 37.3 Å². The SMILES string of the molecule is CCCN(C)Cc1ccccc1.N. The summed E-state index contributed by atoms with van der Waals surface area (Å²) in [4.78, 5) is 2.34. The number of hydrogen-bond acceptors (Lipinski definition) is 2. The molecule has 0 radical (unpaired) electrons. The average molecular weight is 180 g/mol. The minimum Gasteiger partial charge on any atom is -0.344 e. The number of benzene rings is 1. The van der Waals surface area contributed by atoms with Crippen molar-refractivity contribution in [2.75, 3.05) is 13.6 Å². The zero-order chi connectivity index (χ0) is 8.81. The molecule has 0 aromatic heterocycles. The molecule has 1 aromatic carbocycles. The summed E-state index contributed by atoms with van der Waals surface area (Å²) in [7, 11) is 2.16. The summed E-state index contributed by atoms with van der Waals surface area (Å²) in [6.45, 7) is 4.45. The van der Waals surface area contributed by atoms with Crippen LogP contribution in [0.3, 0.4) is 0 Å². The van der Waals surface area contributed by atoms with Crippen molar-refractivity contribution in [3.8, 4) is 0 Å². The second-order valence-electron chi connectivity index (χ2n) is 3.22. The third-order valence-corrected chi connectivity index (χ3v) is 1.90. The van der Waals surface area contributed by atoms with Crippen molar-refractivity contribution in [2.24, 2.45) is 0 Å². The lowest BCUT2D eigenvalue weighted by Gasteiger charge is -2.14. The van der Waals surface area contributed by atoms with E-state index in [0.29, 0.717) is 0 Å². The molecule has 2 heteroatoms. The third-order valence-electron chi connectivity index (χ3n) is 1.90. The van der Waals surface area contributed by atoms with Crippen molar-refractivity contribution in [1.29, 1.82) is 0 Å². The van der Waals surface area contributed by atoms with Gasteiger partial charge in [-0.25, -0.2) is 0 Å². The van der Waals surface area contributed by atoms with Gasteiger partial charge >= 0.3 is 0 Å². The van der Waals surface area contributed by atoms with E-state index in [1.165, 1.54) is 18.5 Å². The lowest BCUT2D eigenvalue weighted by molar-refractivity contribution is 0.327. The van der Waals surface area contributed by atoms with Gasteiger partial charge in [0.1, 0.15) is 0 Å². The van der Waals surface area contributed by atoms with Crippen molar-refractivity contribution in [3.05, 3.63) is 35.9 Å². The van der Waals surface area contributed by atoms with E-state index in [9.17, 15) is 0 Å². The second-order valence-corrected chi connectivity index (χ2v) is 3.22. The lowest BCUT2D eigenvalue weighted by Crippen LogP contribution is -2.18. The van der Waals surface area contributed by atoms with Crippen LogP contribution in [0.15, 0.2) is 30.3 Å². The van der Waals surface area contributed by atoms with E-state index >= 15 is 0 Å². The molecule has 2 nitrogen and oxygen atoms in total. The Morgan fingerprint density at radius 1 is 1.15 bits per heavy atom. The van der Waals surface area contributed by atoms with Crippen LogP contribution in [-0.4, -0.2) is 18.5 Å². The van der Waals surface area contributed by atoms with E-state index in [-0.39, 0.29) is 6.15 Å². The molecule has 0 heterocycles. The van der Waals surface area contributed by atoms with Crippen LogP contribution < -0.4 is 6.15 Å². The van der Waals surface area contributed by atoms with Gasteiger partial charge < -0.3 is 11.1 Å². The molecule has 13 heavy (non-hydrogen) atoms. The Labute approximate surface area is 81.2 Å². The molecule has 0 aliphatic carbocycles. The van der Waals surface area contributed by atoms with Gasteiger partial charge in [-0.3, -0.25) is 0 Å². The third kappa shape index (κ3) is 4.65. The van der Waals surface area contributed by atoms with Gasteiger partial charge in [0.25, 0.3) is 0 Å². The summed E-state index contributed by atoms with van der Waals surface area (Å²) in [6.07, 6.45) is 1.23. The molecule has 0 saturated heterocycles. The number of rotatable bonds is 4. The molecule has 3 N–H and O–H groups in total. The molecule has 0 saturated carbocycles. The first kappa shape index (κ1) is 12.1. The Kier molecular flexibility index (Phi) is 6.20. The summed E-state index contributed by atoms with van der Waals surface area (Å²) in [5, 5.41) is 0. The first-order valence-corrected chi connectivity index (χ1v) is 4.55. The highest BCUT2D eigenvalue weighted by Crippen LogP contribution is 2.02. The molecule has 0 aliphatic heterocycles. The summed E-state index contributed by atoms with van der Waals surface area (Å²) in [6, 6.07) is 10.6. The van der Waals surface area contributed by atoms with Crippen molar-refractivity contribution < 1.29 is 0 Å². The molecule has 1 aromatic rings. The Hall–Kier alpha value is -0.860. The van der Waals surface area contributed by atoms with Gasteiger partial charge in [0, 0.05) is 6.54 Å². The average Bonchev–Trinajstić information content (AvgIpc) is 2.06. The zero-order valence-electron chi connectivity index (χ0n) is 8.66. The van der Waals surface area contributed by atoms with Gasteiger partial charge in [0.15, 0.2) is 0 Å². The zero-order valence-corrected chi connectivity index (χ0v) is 8.66.